The van der Waals surface area contributed by atoms with Gasteiger partial charge in [-0.1, -0.05) is 13.8 Å². The summed E-state index contributed by atoms with van der Waals surface area (Å²) in [6, 6.07) is 3.66. The van der Waals surface area contributed by atoms with Crippen molar-refractivity contribution < 1.29 is 14.3 Å². The average molecular weight is 337 g/mol. The fourth-order valence-corrected chi connectivity index (χ4v) is 3.56. The monoisotopic (exact) mass is 337 g/mol. The van der Waals surface area contributed by atoms with Crippen LogP contribution < -0.4 is 4.90 Å². The average Bonchev–Trinajstić information content (AvgIpc) is 3.18. The van der Waals surface area contributed by atoms with Gasteiger partial charge in [-0.2, -0.15) is 4.37 Å². The molecule has 0 bridgehead atoms. The Morgan fingerprint density at radius 2 is 2.35 bits per heavy atom. The first-order valence-electron chi connectivity index (χ1n) is 8.02. The Balaban J connectivity index is 1.69. The van der Waals surface area contributed by atoms with Gasteiger partial charge in [0.25, 0.3) is 0 Å². The molecule has 2 aromatic heterocycles. The lowest BCUT2D eigenvalue weighted by Gasteiger charge is -2.35. The third-order valence-corrected chi connectivity index (χ3v) is 4.68. The van der Waals surface area contributed by atoms with Crippen molar-refractivity contribution >= 4 is 16.7 Å². The number of ether oxygens (including phenoxy) is 1. The number of aliphatic hydroxyl groups excluding tert-OH is 1. The first-order chi connectivity index (χ1) is 11.1. The Kier molecular flexibility index (Phi) is 5.30. The second-order valence-corrected chi connectivity index (χ2v) is 7.01. The largest absolute Gasteiger partial charge is 0.467 e. The molecule has 0 spiro atoms. The lowest BCUT2D eigenvalue weighted by molar-refractivity contribution is 0.0619. The van der Waals surface area contributed by atoms with E-state index in [9.17, 15) is 5.11 Å². The van der Waals surface area contributed by atoms with E-state index in [1.54, 1.807) is 18.4 Å². The molecule has 1 aliphatic rings. The molecule has 7 heteroatoms. The van der Waals surface area contributed by atoms with Gasteiger partial charge in [0.2, 0.25) is 5.13 Å². The molecule has 2 unspecified atom stereocenters. The van der Waals surface area contributed by atoms with Gasteiger partial charge < -0.3 is 19.2 Å². The molecule has 0 radical (unpaired) electrons. The van der Waals surface area contributed by atoms with Gasteiger partial charge in [0.15, 0.2) is 0 Å². The summed E-state index contributed by atoms with van der Waals surface area (Å²) in [7, 11) is 0. The molecule has 126 valence electrons. The third kappa shape index (κ3) is 4.10. The number of aliphatic hydroxyl groups is 1. The summed E-state index contributed by atoms with van der Waals surface area (Å²) in [6.45, 7) is 6.35. The van der Waals surface area contributed by atoms with Crippen molar-refractivity contribution in [2.75, 3.05) is 24.7 Å². The fraction of sp³-hybridized carbons (Fsp3) is 0.625. The summed E-state index contributed by atoms with van der Waals surface area (Å²) < 4.78 is 15.3. The lowest BCUT2D eigenvalue weighted by Crippen LogP contribution is -2.46. The summed E-state index contributed by atoms with van der Waals surface area (Å²) in [5.41, 5.74) is 0. The van der Waals surface area contributed by atoms with Crippen molar-refractivity contribution in [1.82, 2.24) is 9.36 Å². The maximum atomic E-state index is 10.3. The van der Waals surface area contributed by atoms with E-state index in [4.69, 9.17) is 9.15 Å². The molecule has 1 saturated heterocycles. The van der Waals surface area contributed by atoms with E-state index in [2.05, 4.69) is 28.1 Å². The molecule has 3 rings (SSSR count). The normalized spacial score (nSPS) is 20.2. The Hall–Kier alpha value is -1.44. The van der Waals surface area contributed by atoms with Crippen molar-refractivity contribution in [3.8, 4) is 0 Å². The van der Waals surface area contributed by atoms with Crippen LogP contribution in [0.5, 0.6) is 0 Å². The van der Waals surface area contributed by atoms with Crippen LogP contribution in [0.4, 0.5) is 5.13 Å². The number of morpholine rings is 1. The smallest absolute Gasteiger partial charge is 0.205 e. The van der Waals surface area contributed by atoms with Crippen LogP contribution in [-0.2, 0) is 11.2 Å². The van der Waals surface area contributed by atoms with E-state index in [0.29, 0.717) is 31.3 Å². The zero-order chi connectivity index (χ0) is 16.2. The molecule has 2 aromatic rings. The van der Waals surface area contributed by atoms with Gasteiger partial charge in [0, 0.05) is 30.9 Å². The molecule has 23 heavy (non-hydrogen) atoms. The number of hydrogen-bond donors (Lipinski definition) is 1. The molecule has 1 N–H and O–H groups in total. The van der Waals surface area contributed by atoms with Gasteiger partial charge in [0.05, 0.1) is 25.5 Å². The minimum absolute atomic E-state index is 0.0729. The maximum absolute atomic E-state index is 10.3. The van der Waals surface area contributed by atoms with Gasteiger partial charge in [-0.3, -0.25) is 0 Å². The highest BCUT2D eigenvalue weighted by Crippen LogP contribution is 2.28. The van der Waals surface area contributed by atoms with E-state index >= 15 is 0 Å². The van der Waals surface area contributed by atoms with Crippen LogP contribution in [-0.4, -0.2) is 40.3 Å². The second kappa shape index (κ2) is 7.42. The first-order valence-corrected chi connectivity index (χ1v) is 8.79. The lowest BCUT2D eigenvalue weighted by atomic mass is 10.1. The Labute approximate surface area is 140 Å². The number of furan rings is 1. The Morgan fingerprint density at radius 1 is 1.48 bits per heavy atom. The molecule has 1 aliphatic heterocycles. The van der Waals surface area contributed by atoms with Gasteiger partial charge in [-0.05, 0) is 18.1 Å². The van der Waals surface area contributed by atoms with E-state index in [1.807, 2.05) is 0 Å². The zero-order valence-electron chi connectivity index (χ0n) is 13.5. The molecule has 3 heterocycles. The standard InChI is InChI=1S/C16H23N3O3S/c1-11(2)8-15-17-16(23-18-15)19-5-7-21-10-12(19)9-13(20)14-4-3-6-22-14/h3-4,6,11-13,20H,5,7-10H2,1-2H3. The van der Waals surface area contributed by atoms with Crippen LogP contribution in [0.3, 0.4) is 0 Å². The SMILES string of the molecule is CC(C)Cc1nsc(N2CCOCC2CC(O)c2ccco2)n1. The van der Waals surface area contributed by atoms with Crippen LogP contribution in [0.25, 0.3) is 0 Å². The van der Waals surface area contributed by atoms with Crippen molar-refractivity contribution in [2.45, 2.75) is 38.8 Å². The summed E-state index contributed by atoms with van der Waals surface area (Å²) >= 11 is 1.43. The van der Waals surface area contributed by atoms with Crippen molar-refractivity contribution in [2.24, 2.45) is 5.92 Å². The predicted octanol–water partition coefficient (Wildman–Crippen LogP) is 2.66. The summed E-state index contributed by atoms with van der Waals surface area (Å²) in [4.78, 5) is 6.87. The molecule has 0 saturated carbocycles. The molecule has 0 amide bonds. The zero-order valence-corrected chi connectivity index (χ0v) is 14.3. The molecule has 1 fully saturated rings. The number of nitrogens with zero attached hydrogens (tertiary/aromatic N) is 3. The molecular weight excluding hydrogens is 314 g/mol. The van der Waals surface area contributed by atoms with Crippen LogP contribution in [0, 0.1) is 5.92 Å². The molecule has 2 atom stereocenters. The summed E-state index contributed by atoms with van der Waals surface area (Å²) in [5, 5.41) is 11.3. The van der Waals surface area contributed by atoms with Crippen LogP contribution >= 0.6 is 11.5 Å². The highest BCUT2D eigenvalue weighted by molar-refractivity contribution is 7.09. The van der Waals surface area contributed by atoms with Gasteiger partial charge in [0.1, 0.15) is 17.7 Å². The number of hydrogen-bond acceptors (Lipinski definition) is 7. The molecular formula is C16H23N3O3S. The number of rotatable bonds is 6. The quantitative estimate of drug-likeness (QED) is 0.874. The van der Waals surface area contributed by atoms with E-state index in [0.717, 1.165) is 23.9 Å². The summed E-state index contributed by atoms with van der Waals surface area (Å²) in [6.07, 6.45) is 2.38. The Bertz CT molecular complexity index is 599. The van der Waals surface area contributed by atoms with Crippen molar-refractivity contribution in [3.05, 3.63) is 30.0 Å². The van der Waals surface area contributed by atoms with E-state index in [1.165, 1.54) is 11.5 Å². The Morgan fingerprint density at radius 3 is 3.09 bits per heavy atom. The number of anilines is 1. The van der Waals surface area contributed by atoms with Crippen molar-refractivity contribution in [1.29, 1.82) is 0 Å². The fourth-order valence-electron chi connectivity index (χ4n) is 2.77. The third-order valence-electron chi connectivity index (χ3n) is 3.89. The van der Waals surface area contributed by atoms with E-state index in [-0.39, 0.29) is 6.04 Å². The van der Waals surface area contributed by atoms with Gasteiger partial charge in [-0.15, -0.1) is 0 Å². The maximum Gasteiger partial charge on any atom is 0.205 e. The van der Waals surface area contributed by atoms with Crippen molar-refractivity contribution in [3.63, 3.8) is 0 Å². The topological polar surface area (TPSA) is 71.6 Å². The van der Waals surface area contributed by atoms with E-state index < -0.39 is 6.10 Å². The molecule has 6 nitrogen and oxygen atoms in total. The first kappa shape index (κ1) is 16.4. The highest BCUT2D eigenvalue weighted by atomic mass is 32.1. The van der Waals surface area contributed by atoms with Crippen LogP contribution in [0.1, 0.15) is 38.0 Å². The molecule has 0 aromatic carbocycles. The van der Waals surface area contributed by atoms with Crippen LogP contribution in [0.2, 0.25) is 0 Å². The number of aromatic nitrogens is 2. The minimum Gasteiger partial charge on any atom is -0.467 e. The van der Waals surface area contributed by atoms with Crippen LogP contribution in [0.15, 0.2) is 22.8 Å². The van der Waals surface area contributed by atoms with Gasteiger partial charge in [-0.25, -0.2) is 4.98 Å². The predicted molar refractivity (Wildman–Crippen MR) is 88.7 cm³/mol. The highest BCUT2D eigenvalue weighted by Gasteiger charge is 2.29. The second-order valence-electron chi connectivity index (χ2n) is 6.28. The minimum atomic E-state index is -0.637. The summed E-state index contributed by atoms with van der Waals surface area (Å²) in [5.74, 6) is 2.03. The van der Waals surface area contributed by atoms with Gasteiger partial charge >= 0.3 is 0 Å². The molecule has 0 aliphatic carbocycles.